The van der Waals surface area contributed by atoms with E-state index in [0.717, 1.165) is 51.8 Å². The largest absolute Gasteiger partial charge is 2.00 e. The van der Waals surface area contributed by atoms with Crippen LogP contribution in [0.15, 0.2) is 24.3 Å². The molecule has 5 rings (SSSR count). The van der Waals surface area contributed by atoms with Crippen molar-refractivity contribution in [3.05, 3.63) is 69.3 Å². The van der Waals surface area contributed by atoms with Crippen LogP contribution in [0.5, 0.6) is 0 Å². The number of aromatic nitrogens is 4. The summed E-state index contributed by atoms with van der Waals surface area (Å²) < 4.78 is 0. The standard InChI is InChI=1S/C32H38N4.C2H4O2.Mn/c1-17(2)29-21-9-11-23(33-21)30(18(3)4)25-13-15-27(35-25)32(20(7)8)28-16-14-26(36-28)31(19(5)6)24-12-10-22(29)34-24;1-2(3)4;/h9-20,33-34H,1-8H3;1H3,(H,3,4);/q;;+2. The molecule has 6 nitrogen and oxygen atoms in total. The van der Waals surface area contributed by atoms with Gasteiger partial charge in [0.25, 0.3) is 5.97 Å². The SMILES string of the molecule is CC(=O)O.CC(C)c1c2nc(c(C(C)C)c3ccc([nH]3)c(C(C)C)c3ccc([nH]3)c(C(C)C)c3nc1C=C3)C=C2.[Mn+2]. The number of carbonyl (C=O) groups is 1. The van der Waals surface area contributed by atoms with Crippen molar-refractivity contribution < 1.29 is 27.0 Å². The summed E-state index contributed by atoms with van der Waals surface area (Å²) in [5, 5.41) is 7.42. The maximum Gasteiger partial charge on any atom is 2.00 e. The van der Waals surface area contributed by atoms with Crippen LogP contribution in [0.25, 0.3) is 46.4 Å². The first-order valence-electron chi connectivity index (χ1n) is 14.2. The van der Waals surface area contributed by atoms with Gasteiger partial charge in [0.1, 0.15) is 0 Å². The fraction of sp³-hybridized carbons (Fsp3) is 0.382. The van der Waals surface area contributed by atoms with E-state index < -0.39 is 5.97 Å². The van der Waals surface area contributed by atoms with Gasteiger partial charge in [0.05, 0.1) is 22.8 Å². The van der Waals surface area contributed by atoms with Crippen LogP contribution in [0.3, 0.4) is 0 Å². The van der Waals surface area contributed by atoms with Crippen LogP contribution < -0.4 is 0 Å². The summed E-state index contributed by atoms with van der Waals surface area (Å²) in [6.07, 6.45) is 8.67. The Kier molecular flexibility index (Phi) is 10.2. The summed E-state index contributed by atoms with van der Waals surface area (Å²) in [6.45, 7) is 19.0. The predicted molar refractivity (Wildman–Crippen MR) is 169 cm³/mol. The third kappa shape index (κ3) is 6.74. The predicted octanol–water partition coefficient (Wildman–Crippen LogP) is 9.24. The van der Waals surface area contributed by atoms with Crippen LogP contribution in [-0.2, 0) is 21.9 Å². The number of carboxylic acid groups (broad SMARTS) is 1. The van der Waals surface area contributed by atoms with Crippen LogP contribution in [0, 0.1) is 0 Å². The molecule has 7 heteroatoms. The Bertz CT molecular complexity index is 1540. The Morgan fingerprint density at radius 1 is 0.561 bits per heavy atom. The van der Waals surface area contributed by atoms with E-state index in [0.29, 0.717) is 23.7 Å². The zero-order valence-electron chi connectivity index (χ0n) is 25.6. The smallest absolute Gasteiger partial charge is 0.481 e. The van der Waals surface area contributed by atoms with Gasteiger partial charge in [-0.05, 0) is 72.2 Å². The van der Waals surface area contributed by atoms with Gasteiger partial charge < -0.3 is 15.1 Å². The molecule has 0 spiro atoms. The van der Waals surface area contributed by atoms with Crippen LogP contribution in [0.2, 0.25) is 0 Å². The Labute approximate surface area is 253 Å². The summed E-state index contributed by atoms with van der Waals surface area (Å²) in [7, 11) is 0. The summed E-state index contributed by atoms with van der Waals surface area (Å²) in [5.74, 6) is 0.471. The number of hydrogen-bond donors (Lipinski definition) is 3. The van der Waals surface area contributed by atoms with Gasteiger partial charge in [-0.25, -0.2) is 9.97 Å². The summed E-state index contributed by atoms with van der Waals surface area (Å²) in [4.78, 5) is 26.9. The van der Waals surface area contributed by atoms with Crippen LogP contribution in [0.1, 0.15) is 131 Å². The van der Waals surface area contributed by atoms with Crippen LogP contribution >= 0.6 is 0 Å². The van der Waals surface area contributed by atoms with E-state index >= 15 is 0 Å². The van der Waals surface area contributed by atoms with Crippen LogP contribution in [0.4, 0.5) is 0 Å². The minimum atomic E-state index is -0.833. The number of aliphatic carboxylic acids is 1. The first kappa shape index (κ1) is 32.1. The third-order valence-electron chi connectivity index (χ3n) is 7.23. The maximum atomic E-state index is 9.00. The number of nitrogens with zero attached hydrogens (tertiary/aromatic N) is 2. The van der Waals surface area contributed by atoms with Crippen molar-refractivity contribution in [1.82, 2.24) is 19.9 Å². The molecule has 5 heterocycles. The third-order valence-corrected chi connectivity index (χ3v) is 7.23. The van der Waals surface area contributed by atoms with Gasteiger partial charge in [-0.3, -0.25) is 4.79 Å². The molecule has 215 valence electrons. The van der Waals surface area contributed by atoms with E-state index in [1.165, 1.54) is 22.3 Å². The van der Waals surface area contributed by atoms with Crippen molar-refractivity contribution in [2.45, 2.75) is 86.0 Å². The van der Waals surface area contributed by atoms with E-state index in [4.69, 9.17) is 19.9 Å². The number of fused-ring (bicyclic) bond motifs is 8. The van der Waals surface area contributed by atoms with Crippen molar-refractivity contribution in [1.29, 1.82) is 0 Å². The van der Waals surface area contributed by atoms with Gasteiger partial charge in [0.15, 0.2) is 0 Å². The minimum Gasteiger partial charge on any atom is -0.481 e. The Hall–Kier alpha value is -3.41. The number of hydrogen-bond acceptors (Lipinski definition) is 3. The minimum absolute atomic E-state index is 0. The average Bonchev–Trinajstić information content (AvgIpc) is 3.63. The van der Waals surface area contributed by atoms with Gasteiger partial charge in [0.2, 0.25) is 0 Å². The maximum absolute atomic E-state index is 9.00. The van der Waals surface area contributed by atoms with Gasteiger partial charge in [-0.1, -0.05) is 55.4 Å². The van der Waals surface area contributed by atoms with E-state index in [1.807, 2.05) is 0 Å². The van der Waals surface area contributed by atoms with Gasteiger partial charge in [-0.15, -0.1) is 0 Å². The van der Waals surface area contributed by atoms with Gasteiger partial charge in [-0.2, -0.15) is 0 Å². The molecular weight excluding hydrogens is 551 g/mol. The molecule has 2 aliphatic heterocycles. The molecule has 2 aliphatic rings. The van der Waals surface area contributed by atoms with Gasteiger partial charge >= 0.3 is 17.1 Å². The summed E-state index contributed by atoms with van der Waals surface area (Å²) >= 11 is 0. The molecule has 41 heavy (non-hydrogen) atoms. The molecule has 0 atom stereocenters. The second-order valence-electron chi connectivity index (χ2n) is 11.8. The van der Waals surface area contributed by atoms with Crippen molar-refractivity contribution in [3.63, 3.8) is 0 Å². The van der Waals surface area contributed by atoms with E-state index in [1.54, 1.807) is 0 Å². The quantitative estimate of drug-likeness (QED) is 0.181. The van der Waals surface area contributed by atoms with Crippen molar-refractivity contribution in [3.8, 4) is 0 Å². The molecule has 3 aromatic rings. The van der Waals surface area contributed by atoms with E-state index in [9.17, 15) is 0 Å². The Morgan fingerprint density at radius 2 is 0.805 bits per heavy atom. The first-order valence-corrected chi connectivity index (χ1v) is 14.2. The zero-order valence-corrected chi connectivity index (χ0v) is 26.7. The molecule has 0 fully saturated rings. The average molecular weight is 594 g/mol. The second-order valence-corrected chi connectivity index (χ2v) is 11.8. The fourth-order valence-electron chi connectivity index (χ4n) is 5.72. The molecule has 0 saturated heterocycles. The number of aromatic amines is 2. The molecule has 8 bridgehead atoms. The normalized spacial score (nSPS) is 12.2. The molecule has 0 amide bonds. The Morgan fingerprint density at radius 3 is 1.07 bits per heavy atom. The second kappa shape index (κ2) is 13.1. The molecule has 0 saturated carbocycles. The van der Waals surface area contributed by atoms with Gasteiger partial charge in [0, 0.05) is 51.2 Å². The number of rotatable bonds is 4. The fourth-order valence-corrected chi connectivity index (χ4v) is 5.72. The topological polar surface area (TPSA) is 94.7 Å². The molecule has 1 radical (unpaired) electrons. The van der Waals surface area contributed by atoms with E-state index in [-0.39, 0.29) is 17.1 Å². The molecule has 3 aromatic heterocycles. The van der Waals surface area contributed by atoms with E-state index in [2.05, 4.69) is 114 Å². The monoisotopic (exact) mass is 593 g/mol. The van der Waals surface area contributed by atoms with Crippen molar-refractivity contribution in [2.75, 3.05) is 0 Å². The summed E-state index contributed by atoms with van der Waals surface area (Å²) in [5.41, 5.74) is 13.6. The molecule has 0 aliphatic carbocycles. The van der Waals surface area contributed by atoms with Crippen molar-refractivity contribution in [2.24, 2.45) is 0 Å². The molecule has 3 N–H and O–H groups in total. The molecule has 0 aromatic carbocycles. The number of carboxylic acids is 1. The number of nitrogens with one attached hydrogen (secondary N) is 2. The first-order chi connectivity index (χ1) is 18.9. The Balaban J connectivity index is 0.000000869. The summed E-state index contributed by atoms with van der Waals surface area (Å²) in [6, 6.07) is 8.87. The van der Waals surface area contributed by atoms with Crippen molar-refractivity contribution >= 4 is 52.3 Å². The number of H-pyrrole nitrogens is 2. The molecule has 0 unspecified atom stereocenters. The molecular formula is C34H42MnN4O2+2. The van der Waals surface area contributed by atoms with Crippen LogP contribution in [-0.4, -0.2) is 31.0 Å². The zero-order chi connectivity index (χ0) is 29.3.